The van der Waals surface area contributed by atoms with Crippen LogP contribution in [0.25, 0.3) is 5.76 Å². The van der Waals surface area contributed by atoms with Gasteiger partial charge in [0.25, 0.3) is 11.7 Å². The Hall–Kier alpha value is -3.97. The number of carbonyl (C=O) groups excluding carboxylic acids is 2. The van der Waals surface area contributed by atoms with Crippen molar-refractivity contribution in [3.05, 3.63) is 101 Å². The van der Waals surface area contributed by atoms with Gasteiger partial charge in [-0.2, -0.15) is 0 Å². The summed E-state index contributed by atoms with van der Waals surface area (Å²) in [6.07, 6.45) is 3.28. The number of likely N-dealkylation sites (N-methyl/N-ethyl adjacent to an activating group) is 1. The van der Waals surface area contributed by atoms with E-state index in [4.69, 9.17) is 4.74 Å². The Balaban J connectivity index is 1.61. The summed E-state index contributed by atoms with van der Waals surface area (Å²) in [5, 5.41) is 11.3. The molecule has 0 bridgehead atoms. The number of aromatic nitrogens is 1. The van der Waals surface area contributed by atoms with Crippen molar-refractivity contribution < 1.29 is 19.4 Å². The molecule has 2 aromatic carbocycles. The highest BCUT2D eigenvalue weighted by atomic mass is 16.5. The predicted molar refractivity (Wildman–Crippen MR) is 143 cm³/mol. The lowest BCUT2D eigenvalue weighted by Gasteiger charge is -2.28. The molecule has 0 saturated carbocycles. The molecule has 3 aromatic rings. The van der Waals surface area contributed by atoms with Gasteiger partial charge in [0, 0.05) is 31.0 Å². The molecule has 1 saturated heterocycles. The summed E-state index contributed by atoms with van der Waals surface area (Å²) >= 11 is 0. The van der Waals surface area contributed by atoms with Gasteiger partial charge in [-0.1, -0.05) is 49.7 Å². The van der Waals surface area contributed by atoms with Crippen LogP contribution < -0.4 is 4.74 Å². The van der Waals surface area contributed by atoms with Gasteiger partial charge in [0.2, 0.25) is 0 Å². The van der Waals surface area contributed by atoms with Crippen LogP contribution in [0.3, 0.4) is 0 Å². The highest BCUT2D eigenvalue weighted by molar-refractivity contribution is 6.46. The number of amides is 1. The summed E-state index contributed by atoms with van der Waals surface area (Å²) in [4.78, 5) is 34.2. The van der Waals surface area contributed by atoms with Crippen molar-refractivity contribution in [2.45, 2.75) is 33.4 Å². The first-order valence-electron chi connectivity index (χ1n) is 12.6. The number of aliphatic hydroxyl groups excluding tert-OH is 1. The topological polar surface area (TPSA) is 83.0 Å². The molecule has 1 atom stereocenters. The van der Waals surface area contributed by atoms with E-state index in [1.54, 1.807) is 47.6 Å². The van der Waals surface area contributed by atoms with Gasteiger partial charge < -0.3 is 19.6 Å². The van der Waals surface area contributed by atoms with E-state index in [2.05, 4.69) is 29.8 Å². The Morgan fingerprint density at radius 2 is 1.81 bits per heavy atom. The van der Waals surface area contributed by atoms with Gasteiger partial charge in [0.1, 0.15) is 18.1 Å². The van der Waals surface area contributed by atoms with Crippen LogP contribution in [0.1, 0.15) is 42.1 Å². The summed E-state index contributed by atoms with van der Waals surface area (Å²) < 4.78 is 5.89. The number of Topliss-reactive ketones (excluding diaryl/α,β-unsaturated/α-hetero) is 1. The second-order valence-electron chi connectivity index (χ2n) is 9.11. The second kappa shape index (κ2) is 11.8. The van der Waals surface area contributed by atoms with Crippen LogP contribution >= 0.6 is 0 Å². The predicted octanol–water partition coefficient (Wildman–Crippen LogP) is 4.73. The van der Waals surface area contributed by atoms with Gasteiger partial charge in [0.05, 0.1) is 11.6 Å². The quantitative estimate of drug-likeness (QED) is 0.247. The van der Waals surface area contributed by atoms with E-state index in [1.807, 2.05) is 31.2 Å². The van der Waals surface area contributed by atoms with E-state index < -0.39 is 17.7 Å². The number of hydrogen-bond acceptors (Lipinski definition) is 6. The van der Waals surface area contributed by atoms with Gasteiger partial charge in [-0.25, -0.2) is 0 Å². The monoisotopic (exact) mass is 499 g/mol. The molecule has 7 heteroatoms. The Morgan fingerprint density at radius 1 is 1.05 bits per heavy atom. The van der Waals surface area contributed by atoms with Crippen molar-refractivity contribution >= 4 is 17.4 Å². The number of nitrogens with zero attached hydrogens (tertiary/aromatic N) is 3. The van der Waals surface area contributed by atoms with Gasteiger partial charge in [-0.15, -0.1) is 0 Å². The lowest BCUT2D eigenvalue weighted by atomic mass is 9.96. The lowest BCUT2D eigenvalue weighted by Crippen LogP contribution is -2.38. The van der Waals surface area contributed by atoms with Gasteiger partial charge >= 0.3 is 0 Å². The van der Waals surface area contributed by atoms with E-state index in [1.165, 1.54) is 0 Å². The third-order valence-electron chi connectivity index (χ3n) is 6.71. The summed E-state index contributed by atoms with van der Waals surface area (Å²) in [6.45, 7) is 9.26. The summed E-state index contributed by atoms with van der Waals surface area (Å²) in [7, 11) is 0. The van der Waals surface area contributed by atoms with Crippen molar-refractivity contribution in [2.75, 3.05) is 26.2 Å². The van der Waals surface area contributed by atoms with Gasteiger partial charge in [-0.3, -0.25) is 14.6 Å². The Kier molecular flexibility index (Phi) is 8.36. The number of aryl methyl sites for hydroxylation is 1. The molecular formula is C30H33N3O4. The standard InChI is InChI=1S/C30H33N3O4/c1-4-32(5-2)16-17-33-27(24-10-7-15-31-19-24)26(29(35)30(33)36)28(34)23-11-13-25(14-12-23)37-20-22-9-6-8-21(3)18-22/h6-15,18-19,27,34H,4-5,16-17,20H2,1-3H3/b28-26+. The number of likely N-dealkylation sites (tertiary alicyclic amines) is 1. The zero-order chi connectivity index (χ0) is 26.4. The van der Waals surface area contributed by atoms with Gasteiger partial charge in [-0.05, 0) is 61.5 Å². The molecule has 1 aliphatic heterocycles. The molecule has 1 N–H and O–H groups in total. The number of pyridine rings is 1. The lowest BCUT2D eigenvalue weighted by molar-refractivity contribution is -0.140. The maximum absolute atomic E-state index is 13.2. The number of carbonyl (C=O) groups is 2. The summed E-state index contributed by atoms with van der Waals surface area (Å²) in [5.41, 5.74) is 3.43. The molecule has 1 unspecified atom stereocenters. The number of ketones is 1. The second-order valence-corrected chi connectivity index (χ2v) is 9.11. The first-order chi connectivity index (χ1) is 17.9. The molecule has 4 rings (SSSR count). The minimum atomic E-state index is -0.707. The molecule has 1 fully saturated rings. The fraction of sp³-hybridized carbons (Fsp3) is 0.300. The van der Waals surface area contributed by atoms with Gasteiger partial charge in [0.15, 0.2) is 0 Å². The maximum Gasteiger partial charge on any atom is 0.295 e. The highest BCUT2D eigenvalue weighted by Gasteiger charge is 2.46. The minimum absolute atomic E-state index is 0.0750. The van der Waals surface area contributed by atoms with E-state index in [-0.39, 0.29) is 11.3 Å². The van der Waals surface area contributed by atoms with Crippen LogP contribution in [0, 0.1) is 6.92 Å². The van der Waals surface area contributed by atoms with Crippen LogP contribution in [-0.2, 0) is 16.2 Å². The molecule has 1 aromatic heterocycles. The molecule has 0 radical (unpaired) electrons. The molecule has 7 nitrogen and oxygen atoms in total. The molecule has 2 heterocycles. The number of ether oxygens (including phenoxy) is 1. The van der Waals surface area contributed by atoms with Crippen molar-refractivity contribution in [2.24, 2.45) is 0 Å². The Bertz CT molecular complexity index is 1270. The van der Waals surface area contributed by atoms with Crippen LogP contribution in [0.2, 0.25) is 0 Å². The van der Waals surface area contributed by atoms with Crippen LogP contribution in [0.15, 0.2) is 78.6 Å². The largest absolute Gasteiger partial charge is 0.507 e. The maximum atomic E-state index is 13.2. The summed E-state index contributed by atoms with van der Waals surface area (Å²) in [6, 6.07) is 17.9. The number of aliphatic hydroxyl groups is 1. The van der Waals surface area contributed by atoms with Crippen molar-refractivity contribution in [3.63, 3.8) is 0 Å². The van der Waals surface area contributed by atoms with Crippen molar-refractivity contribution in [1.82, 2.24) is 14.8 Å². The van der Waals surface area contributed by atoms with Crippen LogP contribution in [0.4, 0.5) is 0 Å². The molecular weight excluding hydrogens is 466 g/mol. The smallest absolute Gasteiger partial charge is 0.295 e. The van der Waals surface area contributed by atoms with E-state index in [9.17, 15) is 14.7 Å². The fourth-order valence-electron chi connectivity index (χ4n) is 4.62. The highest BCUT2D eigenvalue weighted by Crippen LogP contribution is 2.39. The zero-order valence-corrected chi connectivity index (χ0v) is 21.6. The number of hydrogen-bond donors (Lipinski definition) is 1. The normalized spacial score (nSPS) is 17.0. The average molecular weight is 500 g/mol. The third kappa shape index (κ3) is 5.89. The van der Waals surface area contributed by atoms with E-state index in [0.29, 0.717) is 36.6 Å². The Morgan fingerprint density at radius 3 is 2.46 bits per heavy atom. The molecule has 0 spiro atoms. The van der Waals surface area contributed by atoms with Crippen LogP contribution in [-0.4, -0.2) is 57.8 Å². The van der Waals surface area contributed by atoms with E-state index in [0.717, 1.165) is 24.2 Å². The van der Waals surface area contributed by atoms with Crippen molar-refractivity contribution in [1.29, 1.82) is 0 Å². The molecule has 0 aliphatic carbocycles. The van der Waals surface area contributed by atoms with Crippen molar-refractivity contribution in [3.8, 4) is 5.75 Å². The zero-order valence-electron chi connectivity index (χ0n) is 21.6. The Labute approximate surface area is 218 Å². The van der Waals surface area contributed by atoms with E-state index >= 15 is 0 Å². The third-order valence-corrected chi connectivity index (χ3v) is 6.71. The molecule has 37 heavy (non-hydrogen) atoms. The minimum Gasteiger partial charge on any atom is -0.507 e. The number of benzene rings is 2. The SMILES string of the molecule is CCN(CC)CCN1C(=O)C(=O)/C(=C(/O)c2ccc(OCc3cccc(C)c3)cc2)C1c1cccnc1. The number of rotatable bonds is 10. The first kappa shape index (κ1) is 26.1. The summed E-state index contributed by atoms with van der Waals surface area (Å²) in [5.74, 6) is -0.865. The molecule has 1 amide bonds. The first-order valence-corrected chi connectivity index (χ1v) is 12.6. The molecule has 192 valence electrons. The fourth-order valence-corrected chi connectivity index (χ4v) is 4.62. The average Bonchev–Trinajstić information content (AvgIpc) is 3.18. The van der Waals surface area contributed by atoms with Crippen LogP contribution in [0.5, 0.6) is 5.75 Å². The molecule has 1 aliphatic rings.